The zero-order valence-corrected chi connectivity index (χ0v) is 17.1. The lowest BCUT2D eigenvalue weighted by Crippen LogP contribution is -2.40. The molecule has 0 atom stereocenters. The number of halogens is 1. The number of fused-ring (bicyclic) bond motifs is 1. The van der Waals surface area contributed by atoms with Crippen LogP contribution in [0.4, 0.5) is 4.39 Å². The third-order valence-electron chi connectivity index (χ3n) is 4.44. The van der Waals surface area contributed by atoms with Crippen molar-refractivity contribution < 1.29 is 31.9 Å². The Bertz CT molecular complexity index is 1200. The summed E-state index contributed by atoms with van der Waals surface area (Å²) in [5, 5.41) is 10.0. The largest absolute Gasteiger partial charge is 0.496 e. The molecular weight excluding hydrogens is 401 g/mol. The number of nitrogens with one attached hydrogen (secondary N) is 1. The second kappa shape index (κ2) is 7.16. The lowest BCUT2D eigenvalue weighted by atomic mass is 9.93. The molecule has 2 N–H and O–H groups in total. The van der Waals surface area contributed by atoms with E-state index in [1.54, 1.807) is 19.9 Å². The van der Waals surface area contributed by atoms with Crippen LogP contribution in [0.25, 0.3) is 22.3 Å². The number of benzene rings is 2. The minimum Gasteiger partial charge on any atom is -0.496 e. The first-order valence-corrected chi connectivity index (χ1v) is 10.5. The number of carbonyl (C=O) groups is 1. The standard InChI is InChI=1S/C20H20FNO6S/c1-20(2,22-29(4,25)26)14-10-15-13(9-16(14)27-3)17(19(23)24)18(28-15)11-5-7-12(21)8-6-11/h5-10,22H,1-4H3,(H,23,24). The second-order valence-electron chi connectivity index (χ2n) is 7.17. The first-order chi connectivity index (χ1) is 13.4. The van der Waals surface area contributed by atoms with Crippen LogP contribution in [-0.2, 0) is 15.6 Å². The quantitative estimate of drug-likeness (QED) is 0.628. The van der Waals surface area contributed by atoms with Crippen LogP contribution in [0.15, 0.2) is 40.8 Å². The highest BCUT2D eigenvalue weighted by Gasteiger charge is 2.31. The van der Waals surface area contributed by atoms with Crippen LogP contribution < -0.4 is 9.46 Å². The van der Waals surface area contributed by atoms with Crippen molar-refractivity contribution >= 4 is 27.0 Å². The number of hydrogen-bond acceptors (Lipinski definition) is 5. The second-order valence-corrected chi connectivity index (χ2v) is 8.91. The van der Waals surface area contributed by atoms with E-state index >= 15 is 0 Å². The van der Waals surface area contributed by atoms with Crippen LogP contribution in [-0.4, -0.2) is 32.9 Å². The molecule has 0 amide bonds. The van der Waals surface area contributed by atoms with E-state index in [2.05, 4.69) is 4.72 Å². The summed E-state index contributed by atoms with van der Waals surface area (Å²) < 4.78 is 50.5. The van der Waals surface area contributed by atoms with Crippen molar-refractivity contribution in [3.8, 4) is 17.1 Å². The Balaban J connectivity index is 2.29. The molecule has 1 aromatic heterocycles. The molecule has 0 saturated heterocycles. The zero-order chi connectivity index (χ0) is 21.6. The molecule has 9 heteroatoms. The summed E-state index contributed by atoms with van der Waals surface area (Å²) in [6.45, 7) is 3.30. The number of rotatable bonds is 6. The lowest BCUT2D eigenvalue weighted by Gasteiger charge is -2.27. The fourth-order valence-corrected chi connectivity index (χ4v) is 4.35. The molecule has 3 rings (SSSR count). The van der Waals surface area contributed by atoms with Gasteiger partial charge in [-0.3, -0.25) is 0 Å². The molecule has 0 radical (unpaired) electrons. The van der Waals surface area contributed by atoms with E-state index in [1.807, 2.05) is 0 Å². The van der Waals surface area contributed by atoms with E-state index in [0.717, 1.165) is 6.26 Å². The van der Waals surface area contributed by atoms with Crippen molar-refractivity contribution in [1.82, 2.24) is 4.72 Å². The molecule has 0 aliphatic rings. The van der Waals surface area contributed by atoms with Crippen LogP contribution in [0.3, 0.4) is 0 Å². The number of aromatic carboxylic acids is 1. The van der Waals surface area contributed by atoms with Crippen molar-refractivity contribution in [3.63, 3.8) is 0 Å². The molecule has 0 fully saturated rings. The van der Waals surface area contributed by atoms with Crippen molar-refractivity contribution in [2.45, 2.75) is 19.4 Å². The smallest absolute Gasteiger partial charge is 0.340 e. The first-order valence-electron chi connectivity index (χ1n) is 8.56. The Kier molecular flexibility index (Phi) is 5.14. The van der Waals surface area contributed by atoms with Gasteiger partial charge < -0.3 is 14.3 Å². The predicted octanol–water partition coefficient (Wildman–Crippen LogP) is 3.73. The van der Waals surface area contributed by atoms with Gasteiger partial charge in [0.2, 0.25) is 10.0 Å². The van der Waals surface area contributed by atoms with E-state index in [9.17, 15) is 22.7 Å². The highest BCUT2D eigenvalue weighted by atomic mass is 32.2. The van der Waals surface area contributed by atoms with Crippen LogP contribution >= 0.6 is 0 Å². The van der Waals surface area contributed by atoms with E-state index in [0.29, 0.717) is 16.9 Å². The van der Waals surface area contributed by atoms with E-state index < -0.39 is 27.3 Å². The summed E-state index contributed by atoms with van der Waals surface area (Å²) in [6, 6.07) is 8.31. The summed E-state index contributed by atoms with van der Waals surface area (Å²) in [5.41, 5.74) is -0.0474. The summed E-state index contributed by atoms with van der Waals surface area (Å²) in [6.07, 6.45) is 1.04. The van der Waals surface area contributed by atoms with Gasteiger partial charge in [0, 0.05) is 16.5 Å². The van der Waals surface area contributed by atoms with Gasteiger partial charge in [0.05, 0.1) is 18.9 Å². The number of methoxy groups -OCH3 is 1. The van der Waals surface area contributed by atoms with Gasteiger partial charge in [-0.2, -0.15) is 0 Å². The Morgan fingerprint density at radius 1 is 1.21 bits per heavy atom. The maximum absolute atomic E-state index is 13.3. The Labute approximate surface area is 167 Å². The molecule has 0 saturated carbocycles. The predicted molar refractivity (Wildman–Crippen MR) is 106 cm³/mol. The van der Waals surface area contributed by atoms with E-state index in [-0.39, 0.29) is 22.3 Å². The van der Waals surface area contributed by atoms with Gasteiger partial charge in [-0.25, -0.2) is 22.3 Å². The summed E-state index contributed by atoms with van der Waals surface area (Å²) in [5.74, 6) is -1.31. The van der Waals surface area contributed by atoms with Gasteiger partial charge in [-0.1, -0.05) is 0 Å². The summed E-state index contributed by atoms with van der Waals surface area (Å²) >= 11 is 0. The van der Waals surface area contributed by atoms with Gasteiger partial charge in [0.25, 0.3) is 0 Å². The van der Waals surface area contributed by atoms with Crippen LogP contribution in [0.1, 0.15) is 29.8 Å². The molecule has 3 aromatic rings. The Morgan fingerprint density at radius 3 is 2.34 bits per heavy atom. The monoisotopic (exact) mass is 421 g/mol. The molecule has 0 aliphatic heterocycles. The fourth-order valence-electron chi connectivity index (χ4n) is 3.32. The first kappa shape index (κ1) is 20.8. The van der Waals surface area contributed by atoms with Crippen molar-refractivity contribution in [2.24, 2.45) is 0 Å². The normalized spacial score (nSPS) is 12.3. The molecule has 1 heterocycles. The van der Waals surface area contributed by atoms with Crippen LogP contribution in [0, 0.1) is 5.82 Å². The van der Waals surface area contributed by atoms with Crippen LogP contribution in [0.2, 0.25) is 0 Å². The zero-order valence-electron chi connectivity index (χ0n) is 16.2. The average Bonchev–Trinajstić information content (AvgIpc) is 2.97. The molecule has 29 heavy (non-hydrogen) atoms. The maximum Gasteiger partial charge on any atom is 0.340 e. The van der Waals surface area contributed by atoms with Crippen molar-refractivity contribution in [1.29, 1.82) is 0 Å². The number of ether oxygens (including phenoxy) is 1. The van der Waals surface area contributed by atoms with Gasteiger partial charge in [-0.15, -0.1) is 0 Å². The third kappa shape index (κ3) is 4.10. The molecule has 0 unspecified atom stereocenters. The summed E-state index contributed by atoms with van der Waals surface area (Å²) in [4.78, 5) is 11.9. The van der Waals surface area contributed by atoms with Crippen molar-refractivity contribution in [2.75, 3.05) is 13.4 Å². The van der Waals surface area contributed by atoms with Gasteiger partial charge in [-0.05, 0) is 50.2 Å². The number of sulfonamides is 1. The van der Waals surface area contributed by atoms with E-state index in [1.165, 1.54) is 37.4 Å². The highest BCUT2D eigenvalue weighted by molar-refractivity contribution is 7.88. The number of carboxylic acids is 1. The molecule has 7 nitrogen and oxygen atoms in total. The van der Waals surface area contributed by atoms with E-state index in [4.69, 9.17) is 9.15 Å². The number of furan rings is 1. The highest BCUT2D eigenvalue weighted by Crippen LogP contribution is 2.40. The fraction of sp³-hybridized carbons (Fsp3) is 0.250. The van der Waals surface area contributed by atoms with Crippen molar-refractivity contribution in [3.05, 3.63) is 53.3 Å². The lowest BCUT2D eigenvalue weighted by molar-refractivity contribution is 0.0699. The average molecular weight is 421 g/mol. The van der Waals surface area contributed by atoms with Crippen LogP contribution in [0.5, 0.6) is 5.75 Å². The molecule has 0 aliphatic carbocycles. The molecule has 154 valence electrons. The minimum absolute atomic E-state index is 0.0700. The Morgan fingerprint density at radius 2 is 1.83 bits per heavy atom. The molecular formula is C20H20FNO6S. The van der Waals surface area contributed by atoms with Gasteiger partial charge in [0.15, 0.2) is 0 Å². The van der Waals surface area contributed by atoms with Gasteiger partial charge in [0.1, 0.15) is 28.5 Å². The number of hydrogen-bond donors (Lipinski definition) is 2. The minimum atomic E-state index is -3.54. The third-order valence-corrected chi connectivity index (χ3v) is 5.33. The molecule has 0 bridgehead atoms. The van der Waals surface area contributed by atoms with Gasteiger partial charge >= 0.3 is 5.97 Å². The molecule has 0 spiro atoms. The maximum atomic E-state index is 13.3. The summed E-state index contributed by atoms with van der Waals surface area (Å²) in [7, 11) is -2.13. The number of carboxylic acid groups (broad SMARTS) is 1. The topological polar surface area (TPSA) is 106 Å². The molecule has 2 aromatic carbocycles. The Hall–Kier alpha value is -2.91. The SMILES string of the molecule is COc1cc2c(C(=O)O)c(-c3ccc(F)cc3)oc2cc1C(C)(C)NS(C)(=O)=O.